The molecule has 0 aliphatic carbocycles. The van der Waals surface area contributed by atoms with E-state index < -0.39 is 12.8 Å². The Bertz CT molecular complexity index is 1050. The van der Waals surface area contributed by atoms with Crippen LogP contribution in [0.2, 0.25) is 0 Å². The van der Waals surface area contributed by atoms with E-state index in [1.165, 1.54) is 25.3 Å². The molecule has 3 rings (SSSR count). The number of Topliss-reactive ketones (excluding diaryl/α,β-unsaturated/α-hetero) is 1. The molecule has 38 heavy (non-hydrogen) atoms. The molecule has 2 aromatic carbocycles. The molecule has 0 saturated heterocycles. The molecule has 1 unspecified atom stereocenters. The van der Waals surface area contributed by atoms with Crippen LogP contribution in [0, 0.1) is 5.92 Å². The van der Waals surface area contributed by atoms with Crippen molar-refractivity contribution >= 4 is 17.6 Å². The number of hydrogen-bond acceptors (Lipinski definition) is 5. The summed E-state index contributed by atoms with van der Waals surface area (Å²) < 4.78 is 51.2. The van der Waals surface area contributed by atoms with Crippen LogP contribution < -0.4 is 14.4 Å². The summed E-state index contributed by atoms with van der Waals surface area (Å²) in [6.07, 6.45) is 0.287. The van der Waals surface area contributed by atoms with Gasteiger partial charge in [-0.1, -0.05) is 58.7 Å². The number of fused-ring (bicyclic) bond motifs is 1. The van der Waals surface area contributed by atoms with Gasteiger partial charge in [0.15, 0.2) is 12.4 Å². The maximum absolute atomic E-state index is 12.1. The zero-order valence-corrected chi connectivity index (χ0v) is 22.8. The van der Waals surface area contributed by atoms with Crippen molar-refractivity contribution in [3.05, 3.63) is 53.6 Å². The van der Waals surface area contributed by atoms with Crippen LogP contribution in [-0.2, 0) is 11.3 Å². The molecular weight excluding hydrogens is 499 g/mol. The van der Waals surface area contributed by atoms with E-state index in [0.717, 1.165) is 36.9 Å². The summed E-state index contributed by atoms with van der Waals surface area (Å²) in [6.45, 7) is 7.00. The van der Waals surface area contributed by atoms with Gasteiger partial charge in [-0.15, -0.1) is 0 Å². The summed E-state index contributed by atoms with van der Waals surface area (Å²) >= 11 is 0. The molecule has 0 N–H and O–H groups in total. The second kappa shape index (κ2) is 14.6. The fourth-order valence-electron chi connectivity index (χ4n) is 4.17. The van der Waals surface area contributed by atoms with Crippen molar-refractivity contribution in [2.75, 3.05) is 18.6 Å². The maximum atomic E-state index is 12.1. The Kier molecular flexibility index (Phi) is 11.9. The number of halogens is 3. The van der Waals surface area contributed by atoms with E-state index >= 15 is 0 Å². The summed E-state index contributed by atoms with van der Waals surface area (Å²) in [5.74, 6) is -0.0487. The van der Waals surface area contributed by atoms with Crippen LogP contribution in [0.3, 0.4) is 0 Å². The van der Waals surface area contributed by atoms with Gasteiger partial charge in [0.25, 0.3) is 0 Å². The van der Waals surface area contributed by atoms with Crippen molar-refractivity contribution in [3.8, 4) is 11.5 Å². The third kappa shape index (κ3) is 8.67. The van der Waals surface area contributed by atoms with Gasteiger partial charge < -0.3 is 14.2 Å². The fraction of sp³-hybridized carbons (Fsp3) is 0.517. The number of carbonyl (C=O) groups is 2. The topological polar surface area (TPSA) is 65.1 Å². The van der Waals surface area contributed by atoms with E-state index in [1.54, 1.807) is 6.92 Å². The first-order valence-electron chi connectivity index (χ1n) is 13.0. The predicted octanol–water partition coefficient (Wildman–Crippen LogP) is 7.98. The van der Waals surface area contributed by atoms with Crippen molar-refractivity contribution in [2.45, 2.75) is 78.6 Å². The van der Waals surface area contributed by atoms with Gasteiger partial charge in [-0.2, -0.15) is 13.2 Å². The second-order valence-corrected chi connectivity index (χ2v) is 9.22. The zero-order valence-electron chi connectivity index (χ0n) is 22.8. The molecule has 1 aliphatic heterocycles. The number of hydrogen-bond donors (Lipinski definition) is 0. The minimum atomic E-state index is -4.40. The van der Waals surface area contributed by atoms with Crippen molar-refractivity contribution < 1.29 is 37.0 Å². The zero-order chi connectivity index (χ0) is 28.3. The van der Waals surface area contributed by atoms with Gasteiger partial charge in [0.2, 0.25) is 0 Å². The molecule has 2 aromatic rings. The lowest BCUT2D eigenvalue weighted by molar-refractivity contribution is -0.153. The first-order valence-corrected chi connectivity index (χ1v) is 13.0. The molecule has 0 bridgehead atoms. The number of alkyl halides is 3. The van der Waals surface area contributed by atoms with Crippen LogP contribution in [0.25, 0.3) is 0 Å². The number of carbonyl (C=O) groups excluding carboxylic acids is 2. The predicted molar refractivity (Wildman–Crippen MR) is 141 cm³/mol. The molecular formula is C29H38F3NO5. The van der Waals surface area contributed by atoms with Gasteiger partial charge in [-0.05, 0) is 37.5 Å². The number of nitrogens with zero attached hydrogens (tertiary/aromatic N) is 1. The van der Waals surface area contributed by atoms with Crippen LogP contribution in [0.1, 0.15) is 75.7 Å². The Balaban J connectivity index is 0.000000268. The van der Waals surface area contributed by atoms with E-state index in [1.807, 2.05) is 36.1 Å². The van der Waals surface area contributed by atoms with Crippen molar-refractivity contribution in [2.24, 2.45) is 5.92 Å². The Morgan fingerprint density at radius 3 is 2.32 bits per heavy atom. The van der Waals surface area contributed by atoms with Crippen molar-refractivity contribution in [3.63, 3.8) is 0 Å². The number of cyclic esters (lactones) is 1. The normalized spacial score (nSPS) is 13.7. The van der Waals surface area contributed by atoms with Crippen LogP contribution in [0.15, 0.2) is 42.5 Å². The average Bonchev–Trinajstić information content (AvgIpc) is 2.90. The first kappa shape index (κ1) is 31.0. The number of ether oxygens (including phenoxy) is 3. The largest absolute Gasteiger partial charge is 0.496 e. The summed E-state index contributed by atoms with van der Waals surface area (Å²) in [6, 6.07) is 12.3. The lowest BCUT2D eigenvalue weighted by Gasteiger charge is -2.35. The fourth-order valence-corrected chi connectivity index (χ4v) is 4.17. The molecule has 0 radical (unpaired) electrons. The minimum absolute atomic E-state index is 0.0138. The quantitative estimate of drug-likeness (QED) is 0.272. The average molecular weight is 538 g/mol. The van der Waals surface area contributed by atoms with Gasteiger partial charge in [0.1, 0.15) is 18.1 Å². The maximum Gasteiger partial charge on any atom is 0.422 e. The highest BCUT2D eigenvalue weighted by Crippen LogP contribution is 2.31. The molecule has 0 saturated carbocycles. The van der Waals surface area contributed by atoms with Crippen LogP contribution in [0.5, 0.6) is 11.5 Å². The number of rotatable bonds is 11. The van der Waals surface area contributed by atoms with Gasteiger partial charge in [0, 0.05) is 23.6 Å². The number of amides is 1. The third-order valence-electron chi connectivity index (χ3n) is 6.31. The van der Waals surface area contributed by atoms with E-state index in [9.17, 15) is 22.8 Å². The van der Waals surface area contributed by atoms with Crippen LogP contribution in [0.4, 0.5) is 23.7 Å². The molecule has 1 amide bonds. The van der Waals surface area contributed by atoms with Gasteiger partial charge in [-0.3, -0.25) is 9.69 Å². The molecule has 0 fully saturated rings. The van der Waals surface area contributed by atoms with E-state index in [2.05, 4.69) is 18.6 Å². The molecule has 0 spiro atoms. The SMILES string of the molecule is CCC(C)C(=O)c1ccc(OCC(F)(F)F)cc1OC.CCCC(CCC)N1C(=O)OCc2ccccc21. The summed E-state index contributed by atoms with van der Waals surface area (Å²) in [5, 5.41) is 0. The molecule has 1 atom stereocenters. The van der Waals surface area contributed by atoms with Crippen molar-refractivity contribution in [1.82, 2.24) is 0 Å². The Morgan fingerprint density at radius 2 is 1.74 bits per heavy atom. The molecule has 210 valence electrons. The number of ketones is 1. The number of para-hydroxylation sites is 1. The van der Waals surface area contributed by atoms with Gasteiger partial charge >= 0.3 is 12.3 Å². The Labute approximate surface area is 223 Å². The van der Waals surface area contributed by atoms with Crippen molar-refractivity contribution in [1.29, 1.82) is 0 Å². The summed E-state index contributed by atoms with van der Waals surface area (Å²) in [7, 11) is 1.36. The molecule has 0 aromatic heterocycles. The molecule has 9 heteroatoms. The monoisotopic (exact) mass is 537 g/mol. The lowest BCUT2D eigenvalue weighted by Crippen LogP contribution is -2.43. The minimum Gasteiger partial charge on any atom is -0.496 e. The number of benzene rings is 2. The highest BCUT2D eigenvalue weighted by molar-refractivity contribution is 6.00. The van der Waals surface area contributed by atoms with Gasteiger partial charge in [-0.25, -0.2) is 4.79 Å². The summed E-state index contributed by atoms with van der Waals surface area (Å²) in [5.41, 5.74) is 2.48. The van der Waals surface area contributed by atoms with Crippen LogP contribution in [-0.4, -0.2) is 37.8 Å². The molecule has 1 heterocycles. The number of anilines is 1. The standard InChI is InChI=1S/C15H21NO2.C14H17F3O3/c1-3-7-13(8-4-2)16-14-10-6-5-9-12(14)11-18-15(16)17;1-4-9(2)13(18)11-6-5-10(7-12(11)19-3)20-8-14(15,16)17/h5-6,9-10,13H,3-4,7-8,11H2,1-2H3;5-7,9H,4,8H2,1-3H3. The second-order valence-electron chi connectivity index (χ2n) is 9.22. The lowest BCUT2D eigenvalue weighted by atomic mass is 9.96. The van der Waals surface area contributed by atoms with E-state index in [0.29, 0.717) is 18.6 Å². The first-order chi connectivity index (χ1) is 18.1. The Morgan fingerprint density at radius 1 is 1.08 bits per heavy atom. The summed E-state index contributed by atoms with van der Waals surface area (Å²) in [4.78, 5) is 26.0. The van der Waals surface area contributed by atoms with Crippen LogP contribution >= 0.6 is 0 Å². The Hall–Kier alpha value is -3.23. The van der Waals surface area contributed by atoms with Gasteiger partial charge in [0.05, 0.1) is 18.4 Å². The molecule has 6 nitrogen and oxygen atoms in total. The number of methoxy groups -OCH3 is 1. The highest BCUT2D eigenvalue weighted by atomic mass is 19.4. The van der Waals surface area contributed by atoms with E-state index in [4.69, 9.17) is 9.47 Å². The highest BCUT2D eigenvalue weighted by Gasteiger charge is 2.31. The smallest absolute Gasteiger partial charge is 0.422 e. The van der Waals surface area contributed by atoms with E-state index in [-0.39, 0.29) is 35.3 Å². The third-order valence-corrected chi connectivity index (χ3v) is 6.31. The molecule has 1 aliphatic rings.